The molecule has 1 amide bonds. The van der Waals surface area contributed by atoms with E-state index in [2.05, 4.69) is 34.1 Å². The minimum Gasteiger partial charge on any atom is -0.492 e. The van der Waals surface area contributed by atoms with Gasteiger partial charge in [0.05, 0.1) is 5.69 Å². The summed E-state index contributed by atoms with van der Waals surface area (Å²) in [4.78, 5) is 20.4. The van der Waals surface area contributed by atoms with E-state index in [4.69, 9.17) is 4.74 Å². The summed E-state index contributed by atoms with van der Waals surface area (Å²) in [6, 6.07) is 16.6. The van der Waals surface area contributed by atoms with Crippen LogP contribution >= 0.6 is 0 Å². The first-order valence-electron chi connectivity index (χ1n) is 11.3. The normalized spacial score (nSPS) is 14.3. The molecular weight excluding hydrogens is 398 g/mol. The fraction of sp³-hybridized carbons (Fsp3) is 0.333. The molecule has 3 aromatic rings. The third kappa shape index (κ3) is 5.74. The number of pyridine rings is 1. The van der Waals surface area contributed by atoms with Gasteiger partial charge in [0.1, 0.15) is 12.4 Å². The lowest BCUT2D eigenvalue weighted by atomic mass is 10.0. The number of hydrogen-bond donors (Lipinski definition) is 0. The molecule has 0 N–H and O–H groups in total. The minimum absolute atomic E-state index is 0.0200. The second kappa shape index (κ2) is 10.4. The van der Waals surface area contributed by atoms with E-state index in [1.165, 1.54) is 31.5 Å². The lowest BCUT2D eigenvalue weighted by Crippen LogP contribution is -2.25. The zero-order valence-electron chi connectivity index (χ0n) is 19.0. The second-order valence-electron chi connectivity index (χ2n) is 8.52. The number of rotatable bonds is 8. The number of fused-ring (bicyclic) bond motifs is 1. The predicted molar refractivity (Wildman–Crippen MR) is 130 cm³/mol. The average Bonchev–Trinajstić information content (AvgIpc) is 3.32. The van der Waals surface area contributed by atoms with Crippen LogP contribution in [0.4, 0.5) is 0 Å². The van der Waals surface area contributed by atoms with Gasteiger partial charge in [-0.05, 0) is 72.8 Å². The van der Waals surface area contributed by atoms with Crippen molar-refractivity contribution in [2.24, 2.45) is 0 Å². The van der Waals surface area contributed by atoms with Crippen molar-refractivity contribution in [2.75, 3.05) is 40.3 Å². The monoisotopic (exact) mass is 429 g/mol. The van der Waals surface area contributed by atoms with Gasteiger partial charge in [-0.25, -0.2) is 0 Å². The van der Waals surface area contributed by atoms with Gasteiger partial charge in [0.15, 0.2) is 0 Å². The molecule has 1 saturated heterocycles. The van der Waals surface area contributed by atoms with Gasteiger partial charge >= 0.3 is 0 Å². The average molecular weight is 430 g/mol. The largest absolute Gasteiger partial charge is 0.492 e. The fourth-order valence-electron chi connectivity index (χ4n) is 4.00. The van der Waals surface area contributed by atoms with Crippen molar-refractivity contribution in [1.29, 1.82) is 0 Å². The smallest absolute Gasteiger partial charge is 0.246 e. The maximum absolute atomic E-state index is 11.7. The highest BCUT2D eigenvalue weighted by Gasteiger charge is 2.11. The standard InChI is InChI=1S/C27H31N3O2/c1-29(2)27(31)12-9-21-5-7-22(8-6-21)19-26-25-11-10-24(20-23(25)13-14-28-26)32-18-17-30-15-3-4-16-30/h5-14,20H,3-4,15-19H2,1-2H3/b12-9+. The molecule has 0 saturated carbocycles. The topological polar surface area (TPSA) is 45.7 Å². The number of ether oxygens (including phenoxy) is 1. The molecule has 0 atom stereocenters. The highest BCUT2D eigenvalue weighted by Crippen LogP contribution is 2.24. The van der Waals surface area contributed by atoms with Crippen LogP contribution < -0.4 is 4.74 Å². The molecule has 2 heterocycles. The van der Waals surface area contributed by atoms with Crippen molar-refractivity contribution in [3.63, 3.8) is 0 Å². The number of hydrogen-bond acceptors (Lipinski definition) is 4. The first kappa shape index (κ1) is 22.0. The van der Waals surface area contributed by atoms with Crippen molar-refractivity contribution in [3.8, 4) is 5.75 Å². The molecular formula is C27H31N3O2. The van der Waals surface area contributed by atoms with Crippen LogP contribution in [0.1, 0.15) is 29.7 Å². The molecule has 2 aromatic carbocycles. The predicted octanol–water partition coefficient (Wildman–Crippen LogP) is 4.40. The third-order valence-corrected chi connectivity index (χ3v) is 5.90. The van der Waals surface area contributed by atoms with Crippen LogP contribution in [0.25, 0.3) is 16.8 Å². The van der Waals surface area contributed by atoms with Gasteiger partial charge in [-0.1, -0.05) is 24.3 Å². The maximum Gasteiger partial charge on any atom is 0.246 e. The molecule has 0 radical (unpaired) electrons. The molecule has 0 bridgehead atoms. The summed E-state index contributed by atoms with van der Waals surface area (Å²) in [6.07, 6.45) is 8.67. The molecule has 4 rings (SSSR count). The molecule has 0 unspecified atom stereocenters. The van der Waals surface area contributed by atoms with Gasteiger partial charge < -0.3 is 9.64 Å². The highest BCUT2D eigenvalue weighted by atomic mass is 16.5. The van der Waals surface area contributed by atoms with E-state index in [1.54, 1.807) is 25.1 Å². The van der Waals surface area contributed by atoms with Crippen molar-refractivity contribution in [1.82, 2.24) is 14.8 Å². The van der Waals surface area contributed by atoms with Crippen molar-refractivity contribution in [3.05, 3.63) is 77.6 Å². The number of carbonyl (C=O) groups is 1. The Morgan fingerprint density at radius 3 is 2.62 bits per heavy atom. The molecule has 0 spiro atoms. The van der Waals surface area contributed by atoms with Crippen molar-refractivity contribution < 1.29 is 9.53 Å². The van der Waals surface area contributed by atoms with Crippen LogP contribution in [-0.4, -0.2) is 61.0 Å². The van der Waals surface area contributed by atoms with Gasteiger partial charge in [0.25, 0.3) is 0 Å². The third-order valence-electron chi connectivity index (χ3n) is 5.90. The van der Waals surface area contributed by atoms with Gasteiger partial charge in [-0.2, -0.15) is 0 Å². The van der Waals surface area contributed by atoms with E-state index in [1.807, 2.05) is 36.5 Å². The van der Waals surface area contributed by atoms with E-state index < -0.39 is 0 Å². The molecule has 1 aliphatic rings. The number of aromatic nitrogens is 1. The van der Waals surface area contributed by atoms with Crippen LogP contribution in [0.5, 0.6) is 5.75 Å². The Labute approximate surface area is 190 Å². The molecule has 1 fully saturated rings. The van der Waals surface area contributed by atoms with Crippen LogP contribution in [0.3, 0.4) is 0 Å². The number of benzene rings is 2. The first-order valence-corrected chi connectivity index (χ1v) is 11.3. The number of amides is 1. The quantitative estimate of drug-likeness (QED) is 0.498. The summed E-state index contributed by atoms with van der Waals surface area (Å²) < 4.78 is 6.01. The van der Waals surface area contributed by atoms with Gasteiger partial charge in [0, 0.05) is 44.7 Å². The highest BCUT2D eigenvalue weighted by molar-refractivity contribution is 5.91. The minimum atomic E-state index is -0.0200. The lowest BCUT2D eigenvalue weighted by Gasteiger charge is -2.15. The number of likely N-dealkylation sites (tertiary alicyclic amines) is 1. The number of nitrogens with zero attached hydrogens (tertiary/aromatic N) is 3. The first-order chi connectivity index (χ1) is 15.6. The lowest BCUT2D eigenvalue weighted by molar-refractivity contribution is -0.123. The Morgan fingerprint density at radius 1 is 1.09 bits per heavy atom. The van der Waals surface area contributed by atoms with Gasteiger partial charge in [0.2, 0.25) is 5.91 Å². The van der Waals surface area contributed by atoms with E-state index in [0.29, 0.717) is 0 Å². The Balaban J connectivity index is 1.41. The summed E-state index contributed by atoms with van der Waals surface area (Å²) in [5.41, 5.74) is 3.25. The Hall–Kier alpha value is -3.18. The molecule has 5 heteroatoms. The zero-order valence-corrected chi connectivity index (χ0v) is 19.0. The number of likely N-dealkylation sites (N-methyl/N-ethyl adjacent to an activating group) is 1. The fourth-order valence-corrected chi connectivity index (χ4v) is 4.00. The van der Waals surface area contributed by atoms with E-state index in [0.717, 1.165) is 47.4 Å². The molecule has 5 nitrogen and oxygen atoms in total. The Bertz CT molecular complexity index is 1080. The molecule has 1 aromatic heterocycles. The Morgan fingerprint density at radius 2 is 1.88 bits per heavy atom. The van der Waals surface area contributed by atoms with E-state index in [9.17, 15) is 4.79 Å². The van der Waals surface area contributed by atoms with Crippen molar-refractivity contribution in [2.45, 2.75) is 19.3 Å². The second-order valence-corrected chi connectivity index (χ2v) is 8.52. The summed E-state index contributed by atoms with van der Waals surface area (Å²) in [6.45, 7) is 4.11. The molecule has 1 aliphatic heterocycles. The SMILES string of the molecule is CN(C)C(=O)/C=C/c1ccc(Cc2nccc3cc(OCCN4CCCC4)ccc23)cc1. The Kier molecular flexibility index (Phi) is 7.17. The van der Waals surface area contributed by atoms with Gasteiger partial charge in [-0.3, -0.25) is 14.7 Å². The number of carbonyl (C=O) groups excluding carboxylic acids is 1. The maximum atomic E-state index is 11.7. The molecule has 32 heavy (non-hydrogen) atoms. The summed E-state index contributed by atoms with van der Waals surface area (Å²) in [7, 11) is 3.49. The zero-order chi connectivity index (χ0) is 22.3. The molecule has 0 aliphatic carbocycles. The summed E-state index contributed by atoms with van der Waals surface area (Å²) in [5.74, 6) is 0.894. The van der Waals surface area contributed by atoms with Crippen molar-refractivity contribution >= 4 is 22.8 Å². The van der Waals surface area contributed by atoms with Gasteiger partial charge in [-0.15, -0.1) is 0 Å². The molecule has 166 valence electrons. The van der Waals surface area contributed by atoms with Crippen LogP contribution in [0, 0.1) is 0 Å². The van der Waals surface area contributed by atoms with Crippen LogP contribution in [0.15, 0.2) is 60.8 Å². The van der Waals surface area contributed by atoms with E-state index >= 15 is 0 Å². The van der Waals surface area contributed by atoms with E-state index in [-0.39, 0.29) is 5.91 Å². The summed E-state index contributed by atoms with van der Waals surface area (Å²) in [5, 5.41) is 2.30. The summed E-state index contributed by atoms with van der Waals surface area (Å²) >= 11 is 0. The van der Waals surface area contributed by atoms with Crippen LogP contribution in [-0.2, 0) is 11.2 Å². The van der Waals surface area contributed by atoms with Crippen LogP contribution in [0.2, 0.25) is 0 Å².